The highest BCUT2D eigenvalue weighted by molar-refractivity contribution is 7.10. The van der Waals surface area contributed by atoms with E-state index in [9.17, 15) is 0 Å². The van der Waals surface area contributed by atoms with Crippen LogP contribution in [0.3, 0.4) is 0 Å². The lowest BCUT2D eigenvalue weighted by Crippen LogP contribution is -2.20. The molecule has 84 valence electrons. The lowest BCUT2D eigenvalue weighted by atomic mass is 10.2. The summed E-state index contributed by atoms with van der Waals surface area (Å²) in [5.41, 5.74) is 7.13. The predicted octanol–water partition coefficient (Wildman–Crippen LogP) is 1.58. The van der Waals surface area contributed by atoms with E-state index in [1.54, 1.807) is 0 Å². The number of nitrogens with zero attached hydrogens (tertiary/aromatic N) is 2. The monoisotopic (exact) mass is 226 g/mol. The van der Waals surface area contributed by atoms with Gasteiger partial charge in [0.05, 0.1) is 0 Å². The summed E-state index contributed by atoms with van der Waals surface area (Å²) in [5, 5.41) is 4.60. The molecule has 15 heavy (non-hydrogen) atoms. The van der Waals surface area contributed by atoms with Gasteiger partial charge in [0.15, 0.2) is 0 Å². The van der Waals surface area contributed by atoms with E-state index in [0.29, 0.717) is 5.92 Å². The molecule has 1 saturated carbocycles. The Morgan fingerprint density at radius 2 is 2.27 bits per heavy atom. The van der Waals surface area contributed by atoms with Crippen LogP contribution in [-0.4, -0.2) is 36.5 Å². The zero-order valence-corrected chi connectivity index (χ0v) is 10.1. The van der Waals surface area contributed by atoms with E-state index in [4.69, 9.17) is 5.73 Å². The minimum absolute atomic E-state index is 0.672. The number of hydrogen-bond donors (Lipinski definition) is 2. The highest BCUT2D eigenvalue weighted by atomic mass is 32.1. The Bertz CT molecular complexity index is 330. The van der Waals surface area contributed by atoms with Crippen molar-refractivity contribution < 1.29 is 0 Å². The summed E-state index contributed by atoms with van der Waals surface area (Å²) in [6, 6.07) is 0. The van der Waals surface area contributed by atoms with E-state index in [1.807, 2.05) is 0 Å². The number of nitrogens with two attached hydrogens (primary N) is 1. The number of hydrogen-bond acceptors (Lipinski definition) is 5. The van der Waals surface area contributed by atoms with Gasteiger partial charge in [0.2, 0.25) is 0 Å². The molecular formula is C10H18N4S. The fourth-order valence-corrected chi connectivity index (χ4v) is 2.42. The Morgan fingerprint density at radius 1 is 1.53 bits per heavy atom. The van der Waals surface area contributed by atoms with Crippen molar-refractivity contribution in [2.45, 2.75) is 18.8 Å². The number of aromatic nitrogens is 1. The molecule has 0 aromatic carbocycles. The van der Waals surface area contributed by atoms with Gasteiger partial charge in [-0.25, -0.2) is 0 Å². The van der Waals surface area contributed by atoms with Crippen molar-refractivity contribution >= 4 is 22.4 Å². The topological polar surface area (TPSA) is 54.2 Å². The van der Waals surface area contributed by atoms with Crippen LogP contribution in [0.4, 0.5) is 10.8 Å². The van der Waals surface area contributed by atoms with Crippen molar-refractivity contribution in [2.75, 3.05) is 38.2 Å². The standard InChI is InChI=1S/C10H18N4S/c1-14(2)6-5-12-10-8(7-3-4-7)9(11)13-15-10/h7,12H,3-6H2,1-2H3,(H2,11,13). The third-order valence-corrected chi connectivity index (χ3v) is 3.42. The van der Waals surface area contributed by atoms with Crippen LogP contribution in [0.2, 0.25) is 0 Å². The summed E-state index contributed by atoms with van der Waals surface area (Å²) in [7, 11) is 4.15. The molecule has 1 aliphatic rings. The number of nitrogen functional groups attached to an aromatic ring is 1. The van der Waals surface area contributed by atoms with Gasteiger partial charge in [-0.15, -0.1) is 0 Å². The first kappa shape index (κ1) is 10.7. The maximum absolute atomic E-state index is 5.86. The van der Waals surface area contributed by atoms with Crippen molar-refractivity contribution in [1.82, 2.24) is 9.27 Å². The number of nitrogens with one attached hydrogen (secondary N) is 1. The molecule has 0 unspecified atom stereocenters. The van der Waals surface area contributed by atoms with E-state index in [1.165, 1.54) is 34.9 Å². The Labute approximate surface area is 94.6 Å². The highest BCUT2D eigenvalue weighted by Gasteiger charge is 2.30. The first-order valence-corrected chi connectivity index (χ1v) is 6.09. The normalized spacial score (nSPS) is 15.9. The highest BCUT2D eigenvalue weighted by Crippen LogP contribution is 2.47. The fraction of sp³-hybridized carbons (Fsp3) is 0.700. The second-order valence-corrected chi connectivity index (χ2v) is 5.09. The van der Waals surface area contributed by atoms with Crippen molar-refractivity contribution in [3.63, 3.8) is 0 Å². The van der Waals surface area contributed by atoms with Crippen LogP contribution in [-0.2, 0) is 0 Å². The first-order chi connectivity index (χ1) is 7.18. The zero-order chi connectivity index (χ0) is 10.8. The molecule has 0 saturated heterocycles. The predicted molar refractivity (Wildman–Crippen MR) is 65.5 cm³/mol. The van der Waals surface area contributed by atoms with E-state index in [2.05, 4.69) is 28.7 Å². The second kappa shape index (κ2) is 4.37. The number of anilines is 2. The number of likely N-dealkylation sites (N-methyl/N-ethyl adjacent to an activating group) is 1. The molecule has 0 aliphatic heterocycles. The van der Waals surface area contributed by atoms with E-state index >= 15 is 0 Å². The summed E-state index contributed by atoms with van der Waals surface area (Å²) in [5.74, 6) is 1.40. The maximum atomic E-state index is 5.86. The molecule has 1 fully saturated rings. The minimum Gasteiger partial charge on any atom is -0.383 e. The molecule has 0 amide bonds. The SMILES string of the molecule is CN(C)CCNc1snc(N)c1C1CC1. The first-order valence-electron chi connectivity index (χ1n) is 5.32. The molecule has 4 nitrogen and oxygen atoms in total. The van der Waals surface area contributed by atoms with Gasteiger partial charge in [0.1, 0.15) is 10.8 Å². The smallest absolute Gasteiger partial charge is 0.142 e. The molecule has 0 spiro atoms. The second-order valence-electron chi connectivity index (χ2n) is 4.31. The van der Waals surface area contributed by atoms with E-state index in [0.717, 1.165) is 18.9 Å². The zero-order valence-electron chi connectivity index (χ0n) is 9.29. The third kappa shape index (κ3) is 2.60. The van der Waals surface area contributed by atoms with Gasteiger partial charge in [-0.1, -0.05) is 0 Å². The quantitative estimate of drug-likeness (QED) is 0.800. The van der Waals surface area contributed by atoms with Crippen LogP contribution in [0.25, 0.3) is 0 Å². The van der Waals surface area contributed by atoms with Crippen molar-refractivity contribution in [3.05, 3.63) is 5.56 Å². The Morgan fingerprint density at radius 3 is 2.87 bits per heavy atom. The molecule has 1 aliphatic carbocycles. The fourth-order valence-electron chi connectivity index (χ4n) is 1.60. The molecule has 2 rings (SSSR count). The molecule has 1 heterocycles. The molecule has 0 atom stereocenters. The third-order valence-electron chi connectivity index (χ3n) is 2.59. The molecule has 5 heteroatoms. The van der Waals surface area contributed by atoms with Crippen LogP contribution in [0.5, 0.6) is 0 Å². The van der Waals surface area contributed by atoms with Crippen LogP contribution in [0.15, 0.2) is 0 Å². The largest absolute Gasteiger partial charge is 0.383 e. The van der Waals surface area contributed by atoms with Gasteiger partial charge >= 0.3 is 0 Å². The summed E-state index contributed by atoms with van der Waals surface area (Å²) in [6.07, 6.45) is 2.54. The van der Waals surface area contributed by atoms with Crippen LogP contribution < -0.4 is 11.1 Å². The summed E-state index contributed by atoms with van der Waals surface area (Å²) in [6.45, 7) is 1.98. The van der Waals surface area contributed by atoms with Crippen molar-refractivity contribution in [3.8, 4) is 0 Å². The van der Waals surface area contributed by atoms with E-state index < -0.39 is 0 Å². The lowest BCUT2D eigenvalue weighted by molar-refractivity contribution is 0.425. The maximum Gasteiger partial charge on any atom is 0.142 e. The molecule has 0 radical (unpaired) electrons. The summed E-state index contributed by atoms with van der Waals surface area (Å²) in [4.78, 5) is 2.16. The summed E-state index contributed by atoms with van der Waals surface area (Å²) >= 11 is 1.49. The Kier molecular flexibility index (Phi) is 3.11. The van der Waals surface area contributed by atoms with E-state index in [-0.39, 0.29) is 0 Å². The Hall–Kier alpha value is -0.810. The van der Waals surface area contributed by atoms with Gasteiger partial charge in [-0.2, -0.15) is 4.37 Å². The van der Waals surface area contributed by atoms with Gasteiger partial charge < -0.3 is 16.0 Å². The molecular weight excluding hydrogens is 208 g/mol. The lowest BCUT2D eigenvalue weighted by Gasteiger charge is -2.10. The molecule has 1 aromatic heterocycles. The summed E-state index contributed by atoms with van der Waals surface area (Å²) < 4.78 is 4.22. The van der Waals surface area contributed by atoms with Gasteiger partial charge in [-0.05, 0) is 44.4 Å². The van der Waals surface area contributed by atoms with Gasteiger partial charge in [0.25, 0.3) is 0 Å². The van der Waals surface area contributed by atoms with Crippen molar-refractivity contribution in [1.29, 1.82) is 0 Å². The molecule has 3 N–H and O–H groups in total. The van der Waals surface area contributed by atoms with Crippen LogP contribution in [0, 0.1) is 0 Å². The minimum atomic E-state index is 0.672. The number of rotatable bonds is 5. The molecule has 0 bridgehead atoms. The van der Waals surface area contributed by atoms with Crippen LogP contribution in [0.1, 0.15) is 24.3 Å². The average Bonchev–Trinajstić information content (AvgIpc) is 2.92. The Balaban J connectivity index is 1.95. The van der Waals surface area contributed by atoms with Gasteiger partial charge in [0, 0.05) is 18.7 Å². The average molecular weight is 226 g/mol. The van der Waals surface area contributed by atoms with Crippen LogP contribution >= 0.6 is 11.5 Å². The van der Waals surface area contributed by atoms with Crippen molar-refractivity contribution in [2.24, 2.45) is 0 Å². The van der Waals surface area contributed by atoms with Gasteiger partial charge in [-0.3, -0.25) is 0 Å². The molecule has 1 aromatic rings.